The third-order valence-corrected chi connectivity index (χ3v) is 5.51. The van der Waals surface area contributed by atoms with Crippen LogP contribution in [-0.2, 0) is 6.54 Å². The molecule has 0 unspecified atom stereocenters. The molecule has 1 N–H and O–H groups in total. The van der Waals surface area contributed by atoms with E-state index in [0.717, 1.165) is 15.2 Å². The van der Waals surface area contributed by atoms with E-state index in [2.05, 4.69) is 4.98 Å². The Bertz CT molecular complexity index is 883. The Morgan fingerprint density at radius 2 is 1.96 bits per heavy atom. The second kappa shape index (κ2) is 6.76. The molecule has 0 radical (unpaired) electrons. The van der Waals surface area contributed by atoms with E-state index in [-0.39, 0.29) is 32.9 Å². The van der Waals surface area contributed by atoms with Gasteiger partial charge in [0.15, 0.2) is 0 Å². The molecule has 1 amide bonds. The van der Waals surface area contributed by atoms with Crippen LogP contribution < -0.4 is 0 Å². The van der Waals surface area contributed by atoms with Crippen LogP contribution in [0, 0.1) is 0 Å². The van der Waals surface area contributed by atoms with Gasteiger partial charge in [-0.2, -0.15) is 0 Å². The molecule has 0 spiro atoms. The lowest BCUT2D eigenvalue weighted by Crippen LogP contribution is -2.26. The summed E-state index contributed by atoms with van der Waals surface area (Å²) in [5.41, 5.74) is 0.766. The summed E-state index contributed by atoms with van der Waals surface area (Å²) in [6.45, 7) is 0.276. The van der Waals surface area contributed by atoms with Crippen LogP contribution in [0.4, 0.5) is 0 Å². The third kappa shape index (κ3) is 3.17. The van der Waals surface area contributed by atoms with Crippen molar-refractivity contribution in [3.05, 3.63) is 56.0 Å². The fourth-order valence-electron chi connectivity index (χ4n) is 2.23. The molecule has 3 aromatic rings. The van der Waals surface area contributed by atoms with Crippen LogP contribution in [0.15, 0.2) is 30.3 Å². The Hall–Kier alpha value is -1.53. The molecule has 0 aliphatic rings. The predicted octanol–water partition coefficient (Wildman–Crippen LogP) is 5.23. The maximum atomic E-state index is 12.7. The maximum Gasteiger partial charge on any atom is 0.259 e. The number of aromatic hydroxyl groups is 1. The zero-order valence-corrected chi connectivity index (χ0v) is 15.5. The van der Waals surface area contributed by atoms with Gasteiger partial charge in [0.1, 0.15) is 16.3 Å². The van der Waals surface area contributed by atoms with Crippen LogP contribution >= 0.6 is 46.1 Å². The fraction of sp³-hybridized carbons (Fsp3) is 0.125. The quantitative estimate of drug-likeness (QED) is 0.611. The van der Waals surface area contributed by atoms with Crippen LogP contribution in [-0.4, -0.2) is 27.9 Å². The number of thiazole rings is 1. The van der Waals surface area contributed by atoms with E-state index in [4.69, 9.17) is 34.8 Å². The minimum atomic E-state index is -0.485. The molecular weight excluding hydrogens is 391 g/mol. The van der Waals surface area contributed by atoms with Crippen molar-refractivity contribution in [3.63, 3.8) is 0 Å². The Kier molecular flexibility index (Phi) is 4.88. The molecule has 0 atom stereocenters. The van der Waals surface area contributed by atoms with Crippen LogP contribution in [0.5, 0.6) is 5.75 Å². The van der Waals surface area contributed by atoms with E-state index >= 15 is 0 Å². The van der Waals surface area contributed by atoms with Gasteiger partial charge in [-0.25, -0.2) is 4.98 Å². The molecule has 3 rings (SSSR count). The zero-order valence-electron chi connectivity index (χ0n) is 12.4. The smallest absolute Gasteiger partial charge is 0.259 e. The molecule has 0 saturated carbocycles. The number of para-hydroxylation sites is 1. The molecule has 0 bridgehead atoms. The van der Waals surface area contributed by atoms with E-state index in [9.17, 15) is 9.90 Å². The van der Waals surface area contributed by atoms with Gasteiger partial charge >= 0.3 is 0 Å². The average Bonchev–Trinajstić information content (AvgIpc) is 2.95. The van der Waals surface area contributed by atoms with Crippen molar-refractivity contribution in [2.24, 2.45) is 0 Å². The van der Waals surface area contributed by atoms with Crippen molar-refractivity contribution in [1.82, 2.24) is 9.88 Å². The summed E-state index contributed by atoms with van der Waals surface area (Å²) < 4.78 is 1.04. The Balaban J connectivity index is 1.90. The number of amides is 1. The minimum absolute atomic E-state index is 0.0267. The van der Waals surface area contributed by atoms with Gasteiger partial charge in [0, 0.05) is 7.05 Å². The Morgan fingerprint density at radius 1 is 1.25 bits per heavy atom. The number of hydrogen-bond acceptors (Lipinski definition) is 4. The Morgan fingerprint density at radius 3 is 2.67 bits per heavy atom. The molecule has 0 aliphatic heterocycles. The number of carbonyl (C=O) groups is 1. The summed E-state index contributed by atoms with van der Waals surface area (Å²) in [5, 5.41) is 10.9. The first-order valence-corrected chi connectivity index (χ1v) is 8.80. The molecule has 2 aromatic carbocycles. The van der Waals surface area contributed by atoms with Crippen LogP contribution in [0.3, 0.4) is 0 Å². The summed E-state index contributed by atoms with van der Waals surface area (Å²) in [4.78, 5) is 18.5. The van der Waals surface area contributed by atoms with Gasteiger partial charge < -0.3 is 10.0 Å². The van der Waals surface area contributed by atoms with Crippen molar-refractivity contribution in [3.8, 4) is 5.75 Å². The van der Waals surface area contributed by atoms with E-state index in [1.165, 1.54) is 22.3 Å². The molecule has 1 heterocycles. The number of fused-ring (bicyclic) bond motifs is 1. The van der Waals surface area contributed by atoms with E-state index in [1.54, 1.807) is 7.05 Å². The van der Waals surface area contributed by atoms with E-state index in [1.807, 2.05) is 24.3 Å². The lowest BCUT2D eigenvalue weighted by Gasteiger charge is -2.18. The monoisotopic (exact) mass is 400 g/mol. The lowest BCUT2D eigenvalue weighted by molar-refractivity contribution is 0.0782. The Labute approximate surface area is 157 Å². The van der Waals surface area contributed by atoms with Gasteiger partial charge in [0.05, 0.1) is 31.8 Å². The first-order valence-electron chi connectivity index (χ1n) is 6.85. The van der Waals surface area contributed by atoms with Crippen molar-refractivity contribution >= 4 is 62.3 Å². The number of halogens is 3. The van der Waals surface area contributed by atoms with Gasteiger partial charge in [-0.15, -0.1) is 11.3 Å². The second-order valence-corrected chi connectivity index (χ2v) is 7.42. The second-order valence-electron chi connectivity index (χ2n) is 5.11. The molecule has 0 aliphatic carbocycles. The van der Waals surface area contributed by atoms with Gasteiger partial charge in [-0.3, -0.25) is 4.79 Å². The zero-order chi connectivity index (χ0) is 17.4. The topological polar surface area (TPSA) is 53.4 Å². The number of phenolic OH excluding ortho intramolecular Hbond substituents is 1. The highest BCUT2D eigenvalue weighted by atomic mass is 35.5. The van der Waals surface area contributed by atoms with Crippen molar-refractivity contribution in [2.75, 3.05) is 7.05 Å². The summed E-state index contributed by atoms with van der Waals surface area (Å²) in [7, 11) is 1.60. The molecule has 124 valence electrons. The van der Waals surface area contributed by atoms with Gasteiger partial charge in [0.2, 0.25) is 0 Å². The fourth-order valence-corrected chi connectivity index (χ4v) is 3.94. The van der Waals surface area contributed by atoms with E-state index < -0.39 is 5.91 Å². The average molecular weight is 402 g/mol. The van der Waals surface area contributed by atoms with E-state index in [0.29, 0.717) is 0 Å². The highest BCUT2D eigenvalue weighted by Crippen LogP contribution is 2.39. The summed E-state index contributed by atoms with van der Waals surface area (Å²) in [6, 6.07) is 9.02. The molecule has 0 saturated heterocycles. The molecule has 8 heteroatoms. The lowest BCUT2D eigenvalue weighted by atomic mass is 10.1. The van der Waals surface area contributed by atoms with Gasteiger partial charge in [-0.05, 0) is 18.2 Å². The van der Waals surface area contributed by atoms with Crippen LogP contribution in [0.25, 0.3) is 10.2 Å². The minimum Gasteiger partial charge on any atom is -0.505 e. The molecular formula is C16H11Cl3N2O2S. The van der Waals surface area contributed by atoms with Crippen molar-refractivity contribution in [2.45, 2.75) is 6.54 Å². The molecule has 0 fully saturated rings. The molecule has 4 nitrogen and oxygen atoms in total. The molecule has 1 aromatic heterocycles. The molecule has 24 heavy (non-hydrogen) atoms. The van der Waals surface area contributed by atoms with Crippen LogP contribution in [0.1, 0.15) is 15.4 Å². The summed E-state index contributed by atoms with van der Waals surface area (Å²) in [5.74, 6) is -0.867. The number of rotatable bonds is 3. The van der Waals surface area contributed by atoms with Crippen LogP contribution in [0.2, 0.25) is 15.1 Å². The standard InChI is InChI=1S/C16H11Cl3N2O2S/c1-21(7-12-20-10-4-2-3-5-11(10)24-12)16(23)13-14(19)8(17)6-9(18)15(13)22/h2-6,22H,7H2,1H3. The third-order valence-electron chi connectivity index (χ3n) is 3.42. The summed E-state index contributed by atoms with van der Waals surface area (Å²) in [6.07, 6.45) is 0. The normalized spacial score (nSPS) is 11.0. The number of aromatic nitrogens is 1. The highest BCUT2D eigenvalue weighted by Gasteiger charge is 2.24. The SMILES string of the molecule is CN(Cc1nc2ccccc2s1)C(=O)c1c(O)c(Cl)cc(Cl)c1Cl. The first-order chi connectivity index (χ1) is 11.4. The number of phenols is 1. The van der Waals surface area contributed by atoms with Crippen molar-refractivity contribution < 1.29 is 9.90 Å². The predicted molar refractivity (Wildman–Crippen MR) is 98.6 cm³/mol. The largest absolute Gasteiger partial charge is 0.505 e. The highest BCUT2D eigenvalue weighted by molar-refractivity contribution is 7.18. The number of benzene rings is 2. The number of nitrogens with zero attached hydrogens (tertiary/aromatic N) is 2. The van der Waals surface area contributed by atoms with Crippen molar-refractivity contribution in [1.29, 1.82) is 0 Å². The maximum absolute atomic E-state index is 12.7. The summed E-state index contributed by atoms with van der Waals surface area (Å²) >= 11 is 19.4. The number of hydrogen-bond donors (Lipinski definition) is 1. The first kappa shape index (κ1) is 17.3. The van der Waals surface area contributed by atoms with Gasteiger partial charge in [0.25, 0.3) is 5.91 Å². The number of carbonyl (C=O) groups excluding carboxylic acids is 1. The van der Waals surface area contributed by atoms with Gasteiger partial charge in [-0.1, -0.05) is 46.9 Å².